The highest BCUT2D eigenvalue weighted by Crippen LogP contribution is 1.43. The highest BCUT2D eigenvalue weighted by molar-refractivity contribution is 7.51. The van der Waals surface area contributed by atoms with E-state index >= 15 is 0 Å². The van der Waals surface area contributed by atoms with Crippen molar-refractivity contribution in [1.82, 2.24) is 6.15 Å². The van der Waals surface area contributed by atoms with Gasteiger partial charge in [0.2, 0.25) is 0 Å². The van der Waals surface area contributed by atoms with Gasteiger partial charge in [-0.3, -0.25) is 10.1 Å². The Bertz CT molecular complexity index is 30.6. The number of hydrogen-bond donors (Lipinski definition) is 1. The highest BCUT2D eigenvalue weighted by Gasteiger charge is 1.39. The molecule has 0 heterocycles. The van der Waals surface area contributed by atoms with Crippen LogP contribution in [0.4, 0.5) is 0 Å². The van der Waals surface area contributed by atoms with Gasteiger partial charge in [-0.05, 0) is 0 Å². The molecule has 5 heavy (non-hydrogen) atoms. The normalized spacial score (nSPS) is 4.80. The lowest BCUT2D eigenvalue weighted by Gasteiger charge is -1.78. The van der Waals surface area contributed by atoms with Crippen molar-refractivity contribution in [2.75, 3.05) is 0 Å². The van der Waals surface area contributed by atoms with Gasteiger partial charge in [-0.15, -0.1) is 0 Å². The average Bonchev–Trinajstić information content (AvgIpc) is 0.811. The first-order valence-electron chi connectivity index (χ1n) is 0.548. The van der Waals surface area contributed by atoms with Gasteiger partial charge in [-0.25, -0.2) is 0 Å². The van der Waals surface area contributed by atoms with Crippen LogP contribution in [-0.4, -0.2) is 4.33 Å². The van der Waals surface area contributed by atoms with E-state index in [4.69, 9.17) is 10.1 Å². The second-order valence-electron chi connectivity index (χ2n) is 0.224. The Hall–Kier alpha value is -0.420. The molecule has 4 nitrogen and oxygen atoms in total. The van der Waals surface area contributed by atoms with E-state index in [1.165, 1.54) is 0 Å². The lowest BCUT2D eigenvalue weighted by molar-refractivity contribution is -0.281. The van der Waals surface area contributed by atoms with Gasteiger partial charge in [-0.1, -0.05) is 4.33 Å². The molecule has 0 aliphatic heterocycles. The summed E-state index contributed by atoms with van der Waals surface area (Å²) in [7, 11) is 0. The lowest BCUT2D eigenvalue weighted by atomic mass is 13.4. The lowest BCUT2D eigenvalue weighted by Crippen LogP contribution is -1.75. The first-order valence-corrected chi connectivity index (χ1v) is 0.913. The maximum atomic E-state index is 8.62. The van der Waals surface area contributed by atoms with E-state index in [1.54, 1.807) is 0 Å². The van der Waals surface area contributed by atoms with Gasteiger partial charge in [0.15, 0.2) is 0 Å². The summed E-state index contributed by atoms with van der Waals surface area (Å²) in [6, 6.07) is 0. The molecule has 0 radical (unpaired) electrons. The minimum absolute atomic E-state index is 0. The van der Waals surface area contributed by atoms with Crippen molar-refractivity contribution in [2.45, 2.75) is 0 Å². The molecule has 0 aromatic rings. The van der Waals surface area contributed by atoms with Crippen molar-refractivity contribution in [3.63, 3.8) is 0 Å². The molecule has 0 aromatic carbocycles. The van der Waals surface area contributed by atoms with Crippen LogP contribution < -0.4 is 6.15 Å². The Kier molecular flexibility index (Phi) is 6.31. The molecular weight excluding hydrogens is 92.1 g/mol. The molecule has 4 N–H and O–H groups in total. The SMILES string of the molecule is O=[N+]([O-])[S-].[NH4+]. The van der Waals surface area contributed by atoms with Gasteiger partial charge < -0.3 is 19.0 Å². The van der Waals surface area contributed by atoms with E-state index in [0.29, 0.717) is 0 Å². The van der Waals surface area contributed by atoms with Gasteiger partial charge in [0.1, 0.15) is 0 Å². The van der Waals surface area contributed by atoms with E-state index in [0.717, 1.165) is 0 Å². The maximum Gasteiger partial charge on any atom is -0.0799 e. The molecule has 32 valence electrons. The number of quaternary nitrogens is 1. The van der Waals surface area contributed by atoms with Crippen molar-refractivity contribution in [3.8, 4) is 0 Å². The quantitative estimate of drug-likeness (QED) is 0.264. The molecule has 0 saturated heterocycles. The molecule has 5 heteroatoms. The third kappa shape index (κ3) is 50.7. The first kappa shape index (κ1) is 8.82. The van der Waals surface area contributed by atoms with Crippen LogP contribution in [0.2, 0.25) is 0 Å². The fraction of sp³-hybridized carbons (Fsp3) is 0. The standard InChI is InChI=1S/NO2S.H3N/c2-1(3)4;/h;1H3/q-1;/p+1. The summed E-state index contributed by atoms with van der Waals surface area (Å²) in [6.07, 6.45) is 0. The Morgan fingerprint density at radius 1 is 1.80 bits per heavy atom. The van der Waals surface area contributed by atoms with Crippen LogP contribution in [0, 0.1) is 10.1 Å². The van der Waals surface area contributed by atoms with Crippen LogP contribution in [0.15, 0.2) is 0 Å². The van der Waals surface area contributed by atoms with Crippen LogP contribution in [0.5, 0.6) is 0 Å². The topological polar surface area (TPSA) is 79.6 Å². The minimum Gasteiger partial charge on any atom is -0.369 e. The molecule has 0 fully saturated rings. The van der Waals surface area contributed by atoms with Crippen molar-refractivity contribution < 1.29 is 4.33 Å². The molecule has 0 bridgehead atoms. The summed E-state index contributed by atoms with van der Waals surface area (Å²) in [4.78, 5) is 8.62. The minimum atomic E-state index is -0.917. The van der Waals surface area contributed by atoms with Gasteiger partial charge in [0.25, 0.3) is 0 Å². The van der Waals surface area contributed by atoms with Crippen molar-refractivity contribution in [3.05, 3.63) is 10.1 Å². The molecule has 0 aromatic heterocycles. The monoisotopic (exact) mass is 96.0 g/mol. The number of rotatable bonds is 0. The molecule has 0 unspecified atom stereocenters. The molecule has 0 saturated carbocycles. The van der Waals surface area contributed by atoms with Gasteiger partial charge >= 0.3 is 0 Å². The molecule has 0 spiro atoms. The Labute approximate surface area is 34.5 Å². The molecule has 0 atom stereocenters. The van der Waals surface area contributed by atoms with Crippen LogP contribution in [0.1, 0.15) is 0 Å². The maximum absolute atomic E-state index is 8.62. The molecular formula is H4N2O2S. The van der Waals surface area contributed by atoms with E-state index < -0.39 is 4.33 Å². The summed E-state index contributed by atoms with van der Waals surface area (Å²) < 4.78 is -0.917. The predicted molar refractivity (Wildman–Crippen MR) is 20.3 cm³/mol. The fourth-order valence-corrected chi connectivity index (χ4v) is 0. The van der Waals surface area contributed by atoms with Gasteiger partial charge in [-0.2, -0.15) is 0 Å². The zero-order valence-corrected chi connectivity index (χ0v) is 3.49. The van der Waals surface area contributed by atoms with Crippen LogP contribution >= 0.6 is 0 Å². The summed E-state index contributed by atoms with van der Waals surface area (Å²) in [6.45, 7) is 0. The summed E-state index contributed by atoms with van der Waals surface area (Å²) >= 11 is 3.34. The third-order valence-corrected chi connectivity index (χ3v) is 0. The Balaban J connectivity index is 0. The van der Waals surface area contributed by atoms with Crippen LogP contribution in [0.25, 0.3) is 0 Å². The summed E-state index contributed by atoms with van der Waals surface area (Å²) in [5, 5.41) is 8.62. The second-order valence-corrected chi connectivity index (χ2v) is 0.522. The third-order valence-electron chi connectivity index (χ3n) is 0. The molecule has 0 amide bonds. The smallest absolute Gasteiger partial charge is 0.0799 e. The zero-order valence-electron chi connectivity index (χ0n) is 2.67. The van der Waals surface area contributed by atoms with Crippen LogP contribution in [-0.2, 0) is 12.8 Å². The van der Waals surface area contributed by atoms with Crippen molar-refractivity contribution in [2.24, 2.45) is 0 Å². The predicted octanol–water partition coefficient (Wildman–Crippen LogP) is 0.101. The molecule has 0 aliphatic carbocycles. The van der Waals surface area contributed by atoms with Crippen molar-refractivity contribution >= 4 is 12.8 Å². The van der Waals surface area contributed by atoms with E-state index in [9.17, 15) is 0 Å². The fourth-order valence-electron chi connectivity index (χ4n) is 0. The first-order chi connectivity index (χ1) is 1.73. The number of nitrogens with zero attached hydrogens (tertiary/aromatic N) is 1. The Morgan fingerprint density at radius 2 is 1.80 bits per heavy atom. The zero-order chi connectivity index (χ0) is 3.58. The van der Waals surface area contributed by atoms with Gasteiger partial charge in [0.05, 0.1) is 0 Å². The van der Waals surface area contributed by atoms with Crippen molar-refractivity contribution in [1.29, 1.82) is 0 Å². The second kappa shape index (κ2) is 3.58. The van der Waals surface area contributed by atoms with Gasteiger partial charge in [0, 0.05) is 0 Å². The summed E-state index contributed by atoms with van der Waals surface area (Å²) in [5.74, 6) is 0. The van der Waals surface area contributed by atoms with E-state index in [-0.39, 0.29) is 6.15 Å². The Morgan fingerprint density at radius 3 is 1.80 bits per heavy atom. The molecule has 0 aliphatic rings. The highest BCUT2D eigenvalue weighted by atomic mass is 32.1. The summed E-state index contributed by atoms with van der Waals surface area (Å²) in [5.41, 5.74) is 0. The van der Waals surface area contributed by atoms with E-state index in [2.05, 4.69) is 12.8 Å². The number of nitro groups is 1. The molecule has 0 rings (SSSR count). The number of hydrogen-bond acceptors (Lipinski definition) is 3. The average molecular weight is 96.1 g/mol. The van der Waals surface area contributed by atoms with Crippen LogP contribution in [0.3, 0.4) is 0 Å². The van der Waals surface area contributed by atoms with E-state index in [1.807, 2.05) is 0 Å². The largest absolute Gasteiger partial charge is 0.369 e.